The summed E-state index contributed by atoms with van der Waals surface area (Å²) < 4.78 is 16.2. The van der Waals surface area contributed by atoms with E-state index in [1.54, 1.807) is 6.26 Å². The molecule has 0 saturated heterocycles. The summed E-state index contributed by atoms with van der Waals surface area (Å²) in [6.07, 6.45) is 1.62. The van der Waals surface area contributed by atoms with Gasteiger partial charge in [0.25, 0.3) is 6.01 Å². The normalized spacial score (nSPS) is 10.8. The molecule has 0 aliphatic heterocycles. The number of anilines is 3. The van der Waals surface area contributed by atoms with E-state index in [1.165, 1.54) is 0 Å². The Balaban J connectivity index is 1.55. The molecule has 3 aromatic heterocycles. The van der Waals surface area contributed by atoms with Crippen molar-refractivity contribution in [1.82, 2.24) is 24.9 Å². The van der Waals surface area contributed by atoms with Gasteiger partial charge in [0.2, 0.25) is 11.9 Å². The molecule has 0 saturated carbocycles. The maximum atomic E-state index is 5.46. The van der Waals surface area contributed by atoms with Gasteiger partial charge in [-0.3, -0.25) is 0 Å². The van der Waals surface area contributed by atoms with Gasteiger partial charge in [-0.1, -0.05) is 0 Å². The largest absolute Gasteiger partial charge is 0.467 e. The van der Waals surface area contributed by atoms with E-state index in [-0.39, 0.29) is 6.01 Å². The minimum absolute atomic E-state index is 0.230. The molecule has 0 bridgehead atoms. The van der Waals surface area contributed by atoms with Crippen LogP contribution in [-0.4, -0.2) is 38.1 Å². The Labute approximate surface area is 166 Å². The predicted molar refractivity (Wildman–Crippen MR) is 108 cm³/mol. The molecule has 0 radical (unpaired) electrons. The van der Waals surface area contributed by atoms with Gasteiger partial charge in [0.1, 0.15) is 5.76 Å². The topological polar surface area (TPSA) is 123 Å². The SMILES string of the molecule is CCOc1nc(NCc2ccco2)nc(Nc2ccc3nc(OCC)[nH]c3c2)n1. The number of H-pyrrole nitrogens is 1. The van der Waals surface area contributed by atoms with Crippen LogP contribution in [0, 0.1) is 0 Å². The lowest BCUT2D eigenvalue weighted by atomic mass is 10.3. The molecule has 0 aliphatic rings. The molecule has 10 nitrogen and oxygen atoms in total. The van der Waals surface area contributed by atoms with E-state index < -0.39 is 0 Å². The average Bonchev–Trinajstić information content (AvgIpc) is 3.36. The van der Waals surface area contributed by atoms with Gasteiger partial charge in [-0.25, -0.2) is 0 Å². The molecule has 0 unspecified atom stereocenters. The van der Waals surface area contributed by atoms with E-state index in [4.69, 9.17) is 13.9 Å². The molecule has 0 aliphatic carbocycles. The fraction of sp³-hybridized carbons (Fsp3) is 0.263. The first kappa shape index (κ1) is 18.5. The molecule has 1 aromatic carbocycles. The fourth-order valence-electron chi connectivity index (χ4n) is 2.66. The second kappa shape index (κ2) is 8.46. The van der Waals surface area contributed by atoms with Crippen LogP contribution in [0.25, 0.3) is 11.0 Å². The van der Waals surface area contributed by atoms with Gasteiger partial charge < -0.3 is 29.5 Å². The van der Waals surface area contributed by atoms with Crippen LogP contribution in [0.4, 0.5) is 17.6 Å². The van der Waals surface area contributed by atoms with Gasteiger partial charge in [0.15, 0.2) is 0 Å². The summed E-state index contributed by atoms with van der Waals surface area (Å²) >= 11 is 0. The van der Waals surface area contributed by atoms with Crippen molar-refractivity contribution in [3.63, 3.8) is 0 Å². The lowest BCUT2D eigenvalue weighted by Gasteiger charge is -2.10. The zero-order chi connectivity index (χ0) is 20.1. The fourth-order valence-corrected chi connectivity index (χ4v) is 2.66. The Morgan fingerprint density at radius 3 is 2.66 bits per heavy atom. The Morgan fingerprint density at radius 2 is 1.86 bits per heavy atom. The van der Waals surface area contributed by atoms with Crippen molar-refractivity contribution in [2.75, 3.05) is 23.8 Å². The van der Waals surface area contributed by atoms with Crippen LogP contribution in [0.2, 0.25) is 0 Å². The lowest BCUT2D eigenvalue weighted by Crippen LogP contribution is -2.09. The zero-order valence-electron chi connectivity index (χ0n) is 16.1. The van der Waals surface area contributed by atoms with Crippen molar-refractivity contribution in [1.29, 1.82) is 0 Å². The Hall–Kier alpha value is -3.82. The number of nitrogens with one attached hydrogen (secondary N) is 3. The predicted octanol–water partition coefficient (Wildman–Crippen LogP) is 3.49. The van der Waals surface area contributed by atoms with Gasteiger partial charge in [-0.05, 0) is 44.2 Å². The minimum Gasteiger partial charge on any atom is -0.467 e. The van der Waals surface area contributed by atoms with E-state index in [1.807, 2.05) is 44.2 Å². The number of nitrogens with zero attached hydrogens (tertiary/aromatic N) is 4. The van der Waals surface area contributed by atoms with E-state index in [9.17, 15) is 0 Å². The lowest BCUT2D eigenvalue weighted by molar-refractivity contribution is 0.312. The van der Waals surface area contributed by atoms with Crippen molar-refractivity contribution in [2.24, 2.45) is 0 Å². The zero-order valence-corrected chi connectivity index (χ0v) is 16.1. The van der Waals surface area contributed by atoms with Gasteiger partial charge in [-0.15, -0.1) is 0 Å². The molecule has 10 heteroatoms. The third-order valence-electron chi connectivity index (χ3n) is 3.89. The van der Waals surface area contributed by atoms with Crippen molar-refractivity contribution >= 4 is 28.6 Å². The molecule has 0 atom stereocenters. The molecule has 0 fully saturated rings. The number of furan rings is 1. The third-order valence-corrected chi connectivity index (χ3v) is 3.89. The van der Waals surface area contributed by atoms with Crippen molar-refractivity contribution < 1.29 is 13.9 Å². The molecule has 4 rings (SSSR count). The summed E-state index contributed by atoms with van der Waals surface area (Å²) in [6.45, 7) is 5.22. The second-order valence-corrected chi connectivity index (χ2v) is 5.96. The van der Waals surface area contributed by atoms with Gasteiger partial charge >= 0.3 is 6.01 Å². The summed E-state index contributed by atoms with van der Waals surface area (Å²) in [5.41, 5.74) is 2.44. The number of aromatic amines is 1. The first-order valence-electron chi connectivity index (χ1n) is 9.28. The molecule has 29 heavy (non-hydrogen) atoms. The summed E-state index contributed by atoms with van der Waals surface area (Å²) in [4.78, 5) is 20.5. The van der Waals surface area contributed by atoms with Crippen LogP contribution in [0.5, 0.6) is 12.0 Å². The van der Waals surface area contributed by atoms with Crippen LogP contribution >= 0.6 is 0 Å². The smallest absolute Gasteiger partial charge is 0.323 e. The van der Waals surface area contributed by atoms with Crippen LogP contribution in [-0.2, 0) is 6.54 Å². The highest BCUT2D eigenvalue weighted by Gasteiger charge is 2.10. The van der Waals surface area contributed by atoms with E-state index in [2.05, 4.69) is 35.6 Å². The Kier molecular flexibility index (Phi) is 5.41. The molecule has 3 heterocycles. The van der Waals surface area contributed by atoms with Crippen LogP contribution in [0.3, 0.4) is 0 Å². The van der Waals surface area contributed by atoms with Crippen LogP contribution in [0.15, 0.2) is 41.0 Å². The summed E-state index contributed by atoms with van der Waals surface area (Å²) in [6, 6.07) is 10.1. The van der Waals surface area contributed by atoms with Crippen LogP contribution in [0.1, 0.15) is 19.6 Å². The van der Waals surface area contributed by atoms with E-state index in [0.29, 0.717) is 37.7 Å². The number of rotatable bonds is 9. The molecular weight excluding hydrogens is 374 g/mol. The van der Waals surface area contributed by atoms with Crippen molar-refractivity contribution in [3.05, 3.63) is 42.4 Å². The van der Waals surface area contributed by atoms with Crippen molar-refractivity contribution in [2.45, 2.75) is 20.4 Å². The van der Waals surface area contributed by atoms with E-state index in [0.717, 1.165) is 22.5 Å². The molecule has 150 valence electrons. The average molecular weight is 395 g/mol. The van der Waals surface area contributed by atoms with Crippen LogP contribution < -0.4 is 20.1 Å². The van der Waals surface area contributed by atoms with Gasteiger partial charge in [0, 0.05) is 5.69 Å². The third kappa shape index (κ3) is 4.54. The van der Waals surface area contributed by atoms with E-state index >= 15 is 0 Å². The van der Waals surface area contributed by atoms with Gasteiger partial charge in [0.05, 0.1) is 37.1 Å². The van der Waals surface area contributed by atoms with Gasteiger partial charge in [-0.2, -0.15) is 19.9 Å². The first-order valence-corrected chi connectivity index (χ1v) is 9.28. The summed E-state index contributed by atoms with van der Waals surface area (Å²) in [5.74, 6) is 1.51. The molecular formula is C19H21N7O3. The summed E-state index contributed by atoms with van der Waals surface area (Å²) in [7, 11) is 0. The maximum Gasteiger partial charge on any atom is 0.323 e. The maximum absolute atomic E-state index is 5.46. The number of hydrogen-bond acceptors (Lipinski definition) is 9. The highest BCUT2D eigenvalue weighted by atomic mass is 16.5. The minimum atomic E-state index is 0.230. The number of hydrogen-bond donors (Lipinski definition) is 3. The van der Waals surface area contributed by atoms with Crippen molar-refractivity contribution in [3.8, 4) is 12.0 Å². The quantitative estimate of drug-likeness (QED) is 0.391. The molecule has 0 amide bonds. The highest BCUT2D eigenvalue weighted by Crippen LogP contribution is 2.23. The summed E-state index contributed by atoms with van der Waals surface area (Å²) in [5, 5.41) is 6.29. The highest BCUT2D eigenvalue weighted by molar-refractivity contribution is 5.80. The Morgan fingerprint density at radius 1 is 1.00 bits per heavy atom. The standard InChI is InChI=1S/C19H21N7O3/c1-3-27-18-22-14-8-7-12(10-15(14)23-18)21-17-24-16(25-19(26-17)28-4-2)20-11-13-6-5-9-29-13/h5-10H,3-4,11H2,1-2H3,(H,22,23)(H2,20,21,24,25,26). The first-order chi connectivity index (χ1) is 14.2. The number of aromatic nitrogens is 5. The number of benzene rings is 1. The molecule has 4 aromatic rings. The monoisotopic (exact) mass is 395 g/mol. The number of fused-ring (bicyclic) bond motifs is 1. The number of imidazole rings is 1. The molecule has 3 N–H and O–H groups in total. The second-order valence-electron chi connectivity index (χ2n) is 5.96. The number of ether oxygens (including phenoxy) is 2. The Bertz CT molecular complexity index is 1080. The molecule has 0 spiro atoms.